The van der Waals surface area contributed by atoms with E-state index >= 15 is 0 Å². The van der Waals surface area contributed by atoms with Gasteiger partial charge in [-0.3, -0.25) is 9.69 Å². The number of fused-ring (bicyclic) bond motifs is 1. The molecule has 1 aromatic carbocycles. The van der Waals surface area contributed by atoms with Gasteiger partial charge in [-0.2, -0.15) is 5.10 Å². The maximum absolute atomic E-state index is 13.1. The Labute approximate surface area is 173 Å². The van der Waals surface area contributed by atoms with Gasteiger partial charge in [0.15, 0.2) is 0 Å². The number of hydrogen-bond acceptors (Lipinski definition) is 5. The second-order valence-electron chi connectivity index (χ2n) is 8.70. The summed E-state index contributed by atoms with van der Waals surface area (Å²) in [5, 5.41) is 4.31. The largest absolute Gasteiger partial charge is 0.334 e. The highest BCUT2D eigenvalue weighted by Crippen LogP contribution is 2.46. The summed E-state index contributed by atoms with van der Waals surface area (Å²) < 4.78 is 1.97. The minimum Gasteiger partial charge on any atom is -0.334 e. The van der Waals surface area contributed by atoms with Crippen LogP contribution >= 0.6 is 0 Å². The van der Waals surface area contributed by atoms with Crippen molar-refractivity contribution in [1.82, 2.24) is 29.5 Å². The van der Waals surface area contributed by atoms with Crippen LogP contribution in [0.4, 0.5) is 0 Å². The molecule has 0 N–H and O–H groups in total. The smallest absolute Gasteiger partial charge is 0.237 e. The minimum atomic E-state index is 0.155. The van der Waals surface area contributed by atoms with Crippen molar-refractivity contribution in [2.24, 2.45) is 11.8 Å². The van der Waals surface area contributed by atoms with Gasteiger partial charge in [0.25, 0.3) is 0 Å². The van der Waals surface area contributed by atoms with E-state index in [2.05, 4.69) is 58.0 Å². The highest BCUT2D eigenvalue weighted by Gasteiger charge is 2.49. The SMILES string of the molecule is CCn1ncnc1CN1C[C@@H]2CN(C(=O)CN(C)C)[C@@H](c3ccccc3C)[C@@H]2C1. The molecule has 2 aliphatic rings. The highest BCUT2D eigenvalue weighted by atomic mass is 16.2. The van der Waals surface area contributed by atoms with Gasteiger partial charge in [-0.1, -0.05) is 24.3 Å². The number of benzene rings is 1. The molecule has 0 unspecified atom stereocenters. The number of likely N-dealkylation sites (N-methyl/N-ethyl adjacent to an activating group) is 1. The number of aryl methyl sites for hydroxylation is 2. The van der Waals surface area contributed by atoms with Crippen LogP contribution in [0.1, 0.15) is 29.9 Å². The van der Waals surface area contributed by atoms with Gasteiger partial charge in [-0.15, -0.1) is 0 Å². The molecule has 0 saturated carbocycles. The second-order valence-corrected chi connectivity index (χ2v) is 8.70. The van der Waals surface area contributed by atoms with Gasteiger partial charge < -0.3 is 9.80 Å². The van der Waals surface area contributed by atoms with Crippen molar-refractivity contribution in [3.05, 3.63) is 47.5 Å². The first-order chi connectivity index (χ1) is 14.0. The fourth-order valence-electron chi connectivity index (χ4n) is 5.08. The summed E-state index contributed by atoms with van der Waals surface area (Å²) in [6.45, 7) is 9.23. The Balaban J connectivity index is 1.57. The van der Waals surface area contributed by atoms with Crippen molar-refractivity contribution in [1.29, 1.82) is 0 Å². The highest BCUT2D eigenvalue weighted by molar-refractivity contribution is 5.79. The molecule has 1 amide bonds. The van der Waals surface area contributed by atoms with E-state index in [0.29, 0.717) is 18.4 Å². The predicted octanol–water partition coefficient (Wildman–Crippen LogP) is 1.80. The molecule has 3 heterocycles. The van der Waals surface area contributed by atoms with Gasteiger partial charge in [0.05, 0.1) is 19.1 Å². The lowest BCUT2D eigenvalue weighted by Gasteiger charge is -2.31. The van der Waals surface area contributed by atoms with E-state index in [0.717, 1.165) is 38.5 Å². The zero-order valence-electron chi connectivity index (χ0n) is 18.0. The Kier molecular flexibility index (Phi) is 5.69. The average Bonchev–Trinajstić information content (AvgIpc) is 3.36. The van der Waals surface area contributed by atoms with Crippen LogP contribution in [-0.2, 0) is 17.9 Å². The van der Waals surface area contributed by atoms with E-state index in [1.165, 1.54) is 11.1 Å². The van der Waals surface area contributed by atoms with Crippen LogP contribution in [0, 0.1) is 18.8 Å². The first-order valence-electron chi connectivity index (χ1n) is 10.6. The normalized spacial score (nSPS) is 24.4. The average molecular weight is 397 g/mol. The number of likely N-dealkylation sites (tertiary alicyclic amines) is 2. The van der Waals surface area contributed by atoms with Crippen molar-refractivity contribution in [2.75, 3.05) is 40.3 Å². The molecule has 0 aliphatic carbocycles. The summed E-state index contributed by atoms with van der Waals surface area (Å²) in [7, 11) is 3.92. The molecule has 7 nitrogen and oxygen atoms in total. The van der Waals surface area contributed by atoms with Crippen molar-refractivity contribution in [3.63, 3.8) is 0 Å². The topological polar surface area (TPSA) is 57.5 Å². The third-order valence-corrected chi connectivity index (χ3v) is 6.38. The number of rotatable bonds is 6. The van der Waals surface area contributed by atoms with E-state index in [-0.39, 0.29) is 11.9 Å². The monoisotopic (exact) mass is 396 g/mol. The standard InChI is InChI=1S/C22H32N6O/c1-5-28-20(23-15-24-28)13-26-10-17-11-27(21(29)14-25(3)4)22(19(17)12-26)18-9-7-6-8-16(18)2/h6-9,15,17,19,22H,5,10-14H2,1-4H3/t17-,19-,22+/m1/s1. The molecule has 1 aromatic heterocycles. The van der Waals surface area contributed by atoms with Gasteiger partial charge in [0.2, 0.25) is 5.91 Å². The van der Waals surface area contributed by atoms with E-state index in [9.17, 15) is 4.79 Å². The van der Waals surface area contributed by atoms with Crippen LogP contribution in [0.15, 0.2) is 30.6 Å². The Morgan fingerprint density at radius 3 is 2.72 bits per heavy atom. The van der Waals surface area contributed by atoms with Crippen molar-refractivity contribution in [2.45, 2.75) is 33.0 Å². The summed E-state index contributed by atoms with van der Waals surface area (Å²) >= 11 is 0. The van der Waals surface area contributed by atoms with Crippen LogP contribution in [0.25, 0.3) is 0 Å². The Hall–Kier alpha value is -2.25. The van der Waals surface area contributed by atoms with Crippen LogP contribution in [-0.4, -0.2) is 75.6 Å². The first-order valence-corrected chi connectivity index (χ1v) is 10.6. The molecule has 3 atom stereocenters. The zero-order chi connectivity index (χ0) is 20.5. The van der Waals surface area contributed by atoms with E-state index in [1.807, 2.05) is 23.7 Å². The summed E-state index contributed by atoms with van der Waals surface area (Å²) in [4.78, 5) is 24.1. The lowest BCUT2D eigenvalue weighted by Crippen LogP contribution is -2.40. The molecule has 0 radical (unpaired) electrons. The number of amides is 1. The first kappa shape index (κ1) is 20.0. The molecule has 0 bridgehead atoms. The Morgan fingerprint density at radius 2 is 2.00 bits per heavy atom. The van der Waals surface area contributed by atoms with Crippen molar-refractivity contribution < 1.29 is 4.79 Å². The summed E-state index contributed by atoms with van der Waals surface area (Å²) in [6, 6.07) is 8.70. The summed E-state index contributed by atoms with van der Waals surface area (Å²) in [6.07, 6.45) is 1.65. The van der Waals surface area contributed by atoms with Gasteiger partial charge in [-0.25, -0.2) is 9.67 Å². The summed E-state index contributed by atoms with van der Waals surface area (Å²) in [5.41, 5.74) is 2.57. The number of hydrogen-bond donors (Lipinski definition) is 0. The Bertz CT molecular complexity index is 862. The molecule has 2 aromatic rings. The minimum absolute atomic E-state index is 0.155. The number of aromatic nitrogens is 3. The van der Waals surface area contributed by atoms with Crippen molar-refractivity contribution >= 4 is 5.91 Å². The Morgan fingerprint density at radius 1 is 1.21 bits per heavy atom. The predicted molar refractivity (Wildman–Crippen MR) is 112 cm³/mol. The lowest BCUT2D eigenvalue weighted by atomic mass is 9.87. The van der Waals surface area contributed by atoms with Crippen LogP contribution in [0.5, 0.6) is 0 Å². The number of carbonyl (C=O) groups is 1. The quantitative estimate of drug-likeness (QED) is 0.745. The molecule has 2 saturated heterocycles. The molecular formula is C22H32N6O. The molecule has 156 valence electrons. The maximum atomic E-state index is 13.1. The van der Waals surface area contributed by atoms with Crippen LogP contribution < -0.4 is 0 Å². The second kappa shape index (κ2) is 8.24. The molecule has 0 spiro atoms. The number of carbonyl (C=O) groups excluding carboxylic acids is 1. The number of nitrogens with zero attached hydrogens (tertiary/aromatic N) is 6. The van der Waals surface area contributed by atoms with Gasteiger partial charge >= 0.3 is 0 Å². The molecule has 2 fully saturated rings. The van der Waals surface area contributed by atoms with E-state index < -0.39 is 0 Å². The molecular weight excluding hydrogens is 364 g/mol. The van der Waals surface area contributed by atoms with E-state index in [4.69, 9.17) is 0 Å². The van der Waals surface area contributed by atoms with Gasteiger partial charge in [0, 0.05) is 32.1 Å². The van der Waals surface area contributed by atoms with Crippen LogP contribution in [0.3, 0.4) is 0 Å². The zero-order valence-corrected chi connectivity index (χ0v) is 18.0. The van der Waals surface area contributed by atoms with Crippen molar-refractivity contribution in [3.8, 4) is 0 Å². The molecule has 2 aliphatic heterocycles. The van der Waals surface area contributed by atoms with E-state index in [1.54, 1.807) is 6.33 Å². The van der Waals surface area contributed by atoms with Gasteiger partial charge in [-0.05, 0) is 45.0 Å². The molecule has 7 heteroatoms. The fraction of sp³-hybridized carbons (Fsp3) is 0.591. The van der Waals surface area contributed by atoms with Crippen LogP contribution in [0.2, 0.25) is 0 Å². The lowest BCUT2D eigenvalue weighted by molar-refractivity contribution is -0.133. The molecule has 29 heavy (non-hydrogen) atoms. The summed E-state index contributed by atoms with van der Waals surface area (Å²) in [5.74, 6) is 2.22. The third-order valence-electron chi connectivity index (χ3n) is 6.38. The fourth-order valence-corrected chi connectivity index (χ4v) is 5.08. The maximum Gasteiger partial charge on any atom is 0.237 e. The third kappa shape index (κ3) is 3.94. The molecule has 4 rings (SSSR count). The van der Waals surface area contributed by atoms with Gasteiger partial charge in [0.1, 0.15) is 12.2 Å².